The summed E-state index contributed by atoms with van der Waals surface area (Å²) in [6.45, 7) is 3.28. The van der Waals surface area contributed by atoms with Gasteiger partial charge in [0.15, 0.2) is 5.82 Å². The summed E-state index contributed by atoms with van der Waals surface area (Å²) < 4.78 is 0. The van der Waals surface area contributed by atoms with Crippen molar-refractivity contribution in [1.29, 1.82) is 0 Å². The van der Waals surface area contributed by atoms with Gasteiger partial charge < -0.3 is 4.90 Å². The van der Waals surface area contributed by atoms with E-state index in [9.17, 15) is 0 Å². The smallest absolute Gasteiger partial charge is 0.151 e. The second-order valence-electron chi connectivity index (χ2n) is 4.86. The Labute approximate surface area is 90.5 Å². The molecule has 3 rings (SSSR count). The molecule has 0 N–H and O–H groups in total. The maximum absolute atomic E-state index is 4.23. The zero-order valence-electron chi connectivity index (χ0n) is 9.19. The Bertz CT molecular complexity index is 364. The van der Waals surface area contributed by atoms with Crippen molar-refractivity contribution in [2.45, 2.75) is 38.6 Å². The molecule has 1 aromatic rings. The minimum absolute atomic E-state index is 0.759. The van der Waals surface area contributed by atoms with Gasteiger partial charge in [-0.3, -0.25) is 0 Å². The number of aryl methyl sites for hydroxylation is 1. The summed E-state index contributed by atoms with van der Waals surface area (Å²) in [5.74, 6) is 2.01. The maximum atomic E-state index is 4.23. The second kappa shape index (κ2) is 3.47. The minimum atomic E-state index is 0.759. The average Bonchev–Trinajstić information content (AvgIpc) is 2.20. The van der Waals surface area contributed by atoms with Crippen LogP contribution < -0.4 is 4.90 Å². The van der Waals surface area contributed by atoms with Crippen LogP contribution in [-0.2, 0) is 0 Å². The van der Waals surface area contributed by atoms with Gasteiger partial charge in [-0.2, -0.15) is 5.10 Å². The van der Waals surface area contributed by atoms with Crippen LogP contribution in [0.1, 0.15) is 31.2 Å². The van der Waals surface area contributed by atoms with Crippen molar-refractivity contribution in [2.24, 2.45) is 5.92 Å². The zero-order chi connectivity index (χ0) is 10.3. The van der Waals surface area contributed by atoms with Crippen LogP contribution in [0.5, 0.6) is 0 Å². The molecule has 1 saturated heterocycles. The van der Waals surface area contributed by atoms with Crippen LogP contribution in [0.3, 0.4) is 0 Å². The standard InChI is InChI=1S/C12H17N3/c1-9-6-12(14-13-7-9)15-8-10-4-2-3-5-11(10)15/h6-7,10-11H,2-5,8H2,1H3/t10-,11-/m0/s1. The largest absolute Gasteiger partial charge is 0.351 e. The molecule has 2 heterocycles. The van der Waals surface area contributed by atoms with Gasteiger partial charge in [-0.05, 0) is 37.3 Å². The fourth-order valence-electron chi connectivity index (χ4n) is 2.91. The highest BCUT2D eigenvalue weighted by Gasteiger charge is 2.40. The Hall–Kier alpha value is -1.12. The van der Waals surface area contributed by atoms with Crippen LogP contribution in [0.15, 0.2) is 12.3 Å². The minimum Gasteiger partial charge on any atom is -0.351 e. The molecule has 80 valence electrons. The summed E-state index contributed by atoms with van der Waals surface area (Å²) in [7, 11) is 0. The Morgan fingerprint density at radius 1 is 1.33 bits per heavy atom. The lowest BCUT2D eigenvalue weighted by Gasteiger charge is -2.51. The van der Waals surface area contributed by atoms with Crippen LogP contribution in [0.4, 0.5) is 5.82 Å². The first kappa shape index (κ1) is 9.13. The molecule has 0 spiro atoms. The van der Waals surface area contributed by atoms with Crippen LogP contribution >= 0.6 is 0 Å². The molecule has 0 unspecified atom stereocenters. The van der Waals surface area contributed by atoms with E-state index < -0.39 is 0 Å². The van der Waals surface area contributed by atoms with Crippen LogP contribution in [0.2, 0.25) is 0 Å². The Kier molecular flexibility index (Phi) is 2.11. The molecule has 3 nitrogen and oxygen atoms in total. The molecule has 0 bridgehead atoms. The third-order valence-corrected chi connectivity index (χ3v) is 3.77. The first-order valence-corrected chi connectivity index (χ1v) is 5.90. The molecule has 2 atom stereocenters. The molecule has 15 heavy (non-hydrogen) atoms. The van der Waals surface area contributed by atoms with Crippen molar-refractivity contribution in [1.82, 2.24) is 10.2 Å². The van der Waals surface area contributed by atoms with Crippen molar-refractivity contribution in [3.05, 3.63) is 17.8 Å². The molecule has 0 aromatic carbocycles. The van der Waals surface area contributed by atoms with Crippen LogP contribution in [0.25, 0.3) is 0 Å². The zero-order valence-corrected chi connectivity index (χ0v) is 9.19. The third kappa shape index (κ3) is 1.50. The maximum Gasteiger partial charge on any atom is 0.151 e. The molecule has 1 aromatic heterocycles. The van der Waals surface area contributed by atoms with Crippen molar-refractivity contribution in [3.8, 4) is 0 Å². The Morgan fingerprint density at radius 3 is 3.00 bits per heavy atom. The van der Waals surface area contributed by atoms with Gasteiger partial charge >= 0.3 is 0 Å². The molecule has 0 radical (unpaired) electrons. The second-order valence-corrected chi connectivity index (χ2v) is 4.86. The number of fused-ring (bicyclic) bond motifs is 1. The number of rotatable bonds is 1. The molecular formula is C12H17N3. The molecule has 1 aliphatic heterocycles. The van der Waals surface area contributed by atoms with Crippen molar-refractivity contribution >= 4 is 5.82 Å². The van der Waals surface area contributed by atoms with E-state index in [0.29, 0.717) is 0 Å². The van der Waals surface area contributed by atoms with Gasteiger partial charge in [0.1, 0.15) is 0 Å². The first-order valence-electron chi connectivity index (χ1n) is 5.90. The van der Waals surface area contributed by atoms with Gasteiger partial charge in [-0.1, -0.05) is 12.8 Å². The van der Waals surface area contributed by atoms with E-state index in [4.69, 9.17) is 0 Å². The predicted octanol–water partition coefficient (Wildman–Crippen LogP) is 2.16. The number of hydrogen-bond acceptors (Lipinski definition) is 3. The Morgan fingerprint density at radius 2 is 2.20 bits per heavy atom. The van der Waals surface area contributed by atoms with E-state index in [-0.39, 0.29) is 0 Å². The van der Waals surface area contributed by atoms with Crippen molar-refractivity contribution in [3.63, 3.8) is 0 Å². The fourth-order valence-corrected chi connectivity index (χ4v) is 2.91. The number of aromatic nitrogens is 2. The van der Waals surface area contributed by atoms with Gasteiger partial charge in [0.2, 0.25) is 0 Å². The summed E-state index contributed by atoms with van der Waals surface area (Å²) in [5, 5.41) is 8.26. The topological polar surface area (TPSA) is 29.0 Å². The number of nitrogens with zero attached hydrogens (tertiary/aromatic N) is 3. The third-order valence-electron chi connectivity index (χ3n) is 3.77. The van der Waals surface area contributed by atoms with Crippen molar-refractivity contribution < 1.29 is 0 Å². The van der Waals surface area contributed by atoms with Gasteiger partial charge in [-0.25, -0.2) is 0 Å². The average molecular weight is 203 g/mol. The summed E-state index contributed by atoms with van der Waals surface area (Å²) in [6.07, 6.45) is 7.40. The summed E-state index contributed by atoms with van der Waals surface area (Å²) in [5.41, 5.74) is 1.21. The number of hydrogen-bond donors (Lipinski definition) is 0. The lowest BCUT2D eigenvalue weighted by molar-refractivity contribution is 0.212. The van der Waals surface area contributed by atoms with Crippen molar-refractivity contribution in [2.75, 3.05) is 11.4 Å². The van der Waals surface area contributed by atoms with Gasteiger partial charge in [0.05, 0.1) is 6.20 Å². The van der Waals surface area contributed by atoms with Gasteiger partial charge in [-0.15, -0.1) is 5.10 Å². The molecule has 3 heteroatoms. The summed E-state index contributed by atoms with van der Waals surface area (Å²) in [6, 6.07) is 2.91. The van der Waals surface area contributed by atoms with Crippen LogP contribution in [-0.4, -0.2) is 22.8 Å². The molecule has 2 aliphatic rings. The highest BCUT2D eigenvalue weighted by atomic mass is 15.3. The van der Waals surface area contributed by atoms with Gasteiger partial charge in [0, 0.05) is 12.6 Å². The lowest BCUT2D eigenvalue weighted by Crippen LogP contribution is -2.58. The molecule has 1 aliphatic carbocycles. The predicted molar refractivity (Wildman–Crippen MR) is 59.9 cm³/mol. The highest BCUT2D eigenvalue weighted by molar-refractivity contribution is 5.44. The lowest BCUT2D eigenvalue weighted by atomic mass is 9.77. The normalized spacial score (nSPS) is 29.5. The summed E-state index contributed by atoms with van der Waals surface area (Å²) in [4.78, 5) is 2.43. The molecular weight excluding hydrogens is 186 g/mol. The summed E-state index contributed by atoms with van der Waals surface area (Å²) >= 11 is 0. The fraction of sp³-hybridized carbons (Fsp3) is 0.667. The van der Waals surface area contributed by atoms with Gasteiger partial charge in [0.25, 0.3) is 0 Å². The molecule has 0 amide bonds. The van der Waals surface area contributed by atoms with E-state index in [2.05, 4.69) is 28.1 Å². The van der Waals surface area contributed by atoms with E-state index in [1.807, 2.05) is 6.20 Å². The number of anilines is 1. The molecule has 2 fully saturated rings. The van der Waals surface area contributed by atoms with Crippen LogP contribution in [0, 0.1) is 12.8 Å². The SMILES string of the molecule is Cc1cnnc(N2C[C@@H]3CCCC[C@@H]32)c1. The van der Waals surface area contributed by atoms with E-state index in [1.54, 1.807) is 0 Å². The van der Waals surface area contributed by atoms with E-state index >= 15 is 0 Å². The first-order chi connectivity index (χ1) is 7.34. The Balaban J connectivity index is 1.79. The van der Waals surface area contributed by atoms with E-state index in [0.717, 1.165) is 17.8 Å². The monoisotopic (exact) mass is 203 g/mol. The quantitative estimate of drug-likeness (QED) is 0.700. The highest BCUT2D eigenvalue weighted by Crippen LogP contribution is 2.39. The van der Waals surface area contributed by atoms with E-state index in [1.165, 1.54) is 37.8 Å². The molecule has 1 saturated carbocycles.